The van der Waals surface area contributed by atoms with Crippen LogP contribution in [-0.2, 0) is 13.0 Å². The monoisotopic (exact) mass is 303 g/mol. The van der Waals surface area contributed by atoms with Gasteiger partial charge >= 0.3 is 0 Å². The topological polar surface area (TPSA) is 38.1 Å². The summed E-state index contributed by atoms with van der Waals surface area (Å²) in [5.74, 6) is 1.71. The Labute approximate surface area is 129 Å². The predicted octanol–water partition coefficient (Wildman–Crippen LogP) is 2.87. The lowest BCUT2D eigenvalue weighted by Crippen LogP contribution is -2.51. The molecule has 0 spiro atoms. The Kier molecular flexibility index (Phi) is 3.97. The van der Waals surface area contributed by atoms with E-state index in [1.165, 1.54) is 0 Å². The molecule has 1 aliphatic heterocycles. The minimum Gasteiger partial charge on any atom is -0.338 e. The van der Waals surface area contributed by atoms with Crippen molar-refractivity contribution in [3.8, 4) is 0 Å². The van der Waals surface area contributed by atoms with E-state index in [-0.39, 0.29) is 5.91 Å². The zero-order valence-electron chi connectivity index (χ0n) is 12.0. The molecule has 0 N–H and O–H groups in total. The van der Waals surface area contributed by atoms with E-state index in [0.717, 1.165) is 31.9 Å². The first-order chi connectivity index (χ1) is 10.2. The van der Waals surface area contributed by atoms with Gasteiger partial charge in [-0.25, -0.2) is 4.98 Å². The Morgan fingerprint density at radius 1 is 1.33 bits per heavy atom. The predicted molar refractivity (Wildman–Crippen MR) is 82.5 cm³/mol. The highest BCUT2D eigenvalue weighted by Gasteiger charge is 2.31. The third-order valence-corrected chi connectivity index (χ3v) is 4.16. The van der Waals surface area contributed by atoms with E-state index in [1.807, 2.05) is 17.3 Å². The molecule has 5 heteroatoms. The first-order valence-electron chi connectivity index (χ1n) is 7.22. The molecule has 0 unspecified atom stereocenters. The van der Waals surface area contributed by atoms with Crippen molar-refractivity contribution in [2.75, 3.05) is 13.1 Å². The van der Waals surface area contributed by atoms with Crippen molar-refractivity contribution in [2.45, 2.75) is 19.9 Å². The summed E-state index contributed by atoms with van der Waals surface area (Å²) in [5, 5.41) is 0.653. The molecule has 0 atom stereocenters. The number of likely N-dealkylation sites (tertiary alicyclic amines) is 1. The van der Waals surface area contributed by atoms with E-state index < -0.39 is 0 Å². The fourth-order valence-corrected chi connectivity index (χ4v) is 2.85. The lowest BCUT2D eigenvalue weighted by Gasteiger charge is -2.39. The zero-order valence-corrected chi connectivity index (χ0v) is 12.8. The third kappa shape index (κ3) is 2.95. The second kappa shape index (κ2) is 5.90. The third-order valence-electron chi connectivity index (χ3n) is 3.91. The number of amides is 1. The molecule has 3 rings (SSSR count). The van der Waals surface area contributed by atoms with Crippen molar-refractivity contribution < 1.29 is 4.79 Å². The lowest BCUT2D eigenvalue weighted by atomic mass is 9.98. The standard InChI is InChI=1S/C16H18ClN3O/c1-2-15-18-7-8-19(15)9-12-10-20(11-12)16(21)13-3-5-14(17)6-4-13/h3-8,12H,2,9-11H2,1H3. The number of carbonyl (C=O) groups is 1. The van der Waals surface area contributed by atoms with Crippen LogP contribution in [-0.4, -0.2) is 33.4 Å². The maximum absolute atomic E-state index is 12.3. The van der Waals surface area contributed by atoms with Crippen LogP contribution in [0.2, 0.25) is 5.02 Å². The van der Waals surface area contributed by atoms with Gasteiger partial charge in [-0.15, -0.1) is 0 Å². The number of imidazole rings is 1. The molecule has 21 heavy (non-hydrogen) atoms. The van der Waals surface area contributed by atoms with Crippen LogP contribution in [0, 0.1) is 5.92 Å². The van der Waals surface area contributed by atoms with Crippen molar-refractivity contribution in [2.24, 2.45) is 5.92 Å². The molecular formula is C16H18ClN3O. The summed E-state index contributed by atoms with van der Waals surface area (Å²) in [6.07, 6.45) is 4.80. The Balaban J connectivity index is 1.56. The van der Waals surface area contributed by atoms with Gasteiger partial charge in [0.15, 0.2) is 0 Å². The van der Waals surface area contributed by atoms with Gasteiger partial charge in [-0.2, -0.15) is 0 Å². The average molecular weight is 304 g/mol. The molecule has 2 aromatic rings. The SMILES string of the molecule is CCc1nccn1CC1CN(C(=O)c2ccc(Cl)cc2)C1. The van der Waals surface area contributed by atoms with Crippen molar-refractivity contribution in [3.63, 3.8) is 0 Å². The van der Waals surface area contributed by atoms with Crippen molar-refractivity contribution in [1.82, 2.24) is 14.5 Å². The Bertz CT molecular complexity index is 629. The molecule has 110 valence electrons. The highest BCUT2D eigenvalue weighted by molar-refractivity contribution is 6.30. The lowest BCUT2D eigenvalue weighted by molar-refractivity contribution is 0.0467. The molecule has 4 nitrogen and oxygen atoms in total. The number of hydrogen-bond acceptors (Lipinski definition) is 2. The molecule has 1 aromatic heterocycles. The van der Waals surface area contributed by atoms with Crippen LogP contribution in [0.3, 0.4) is 0 Å². The van der Waals surface area contributed by atoms with Crippen LogP contribution in [0.5, 0.6) is 0 Å². The summed E-state index contributed by atoms with van der Waals surface area (Å²) < 4.78 is 2.19. The highest BCUT2D eigenvalue weighted by Crippen LogP contribution is 2.21. The number of nitrogens with zero attached hydrogens (tertiary/aromatic N) is 3. The molecular weight excluding hydrogens is 286 g/mol. The van der Waals surface area contributed by atoms with Gasteiger partial charge in [0, 0.05) is 55.0 Å². The summed E-state index contributed by atoms with van der Waals surface area (Å²) in [4.78, 5) is 18.5. The fourth-order valence-electron chi connectivity index (χ4n) is 2.73. The molecule has 0 radical (unpaired) electrons. The Hall–Kier alpha value is -1.81. The quantitative estimate of drug-likeness (QED) is 0.871. The molecule has 1 aliphatic rings. The summed E-state index contributed by atoms with van der Waals surface area (Å²) in [6, 6.07) is 7.07. The molecule has 1 aromatic carbocycles. The first-order valence-corrected chi connectivity index (χ1v) is 7.60. The van der Waals surface area contributed by atoms with Crippen LogP contribution < -0.4 is 0 Å². The maximum atomic E-state index is 12.3. The van der Waals surface area contributed by atoms with Crippen LogP contribution in [0.1, 0.15) is 23.1 Å². The Morgan fingerprint density at radius 3 is 2.71 bits per heavy atom. The summed E-state index contributed by atoms with van der Waals surface area (Å²) in [5.41, 5.74) is 0.703. The van der Waals surface area contributed by atoms with Gasteiger partial charge in [0.2, 0.25) is 0 Å². The molecule has 2 heterocycles. The molecule has 1 fully saturated rings. The minimum absolute atomic E-state index is 0.0873. The largest absolute Gasteiger partial charge is 0.338 e. The average Bonchev–Trinajstić information content (AvgIpc) is 2.89. The smallest absolute Gasteiger partial charge is 0.253 e. The van der Waals surface area contributed by atoms with Gasteiger partial charge in [-0.1, -0.05) is 18.5 Å². The molecule has 0 saturated carbocycles. The highest BCUT2D eigenvalue weighted by atomic mass is 35.5. The number of hydrogen-bond donors (Lipinski definition) is 0. The van der Waals surface area contributed by atoms with Crippen molar-refractivity contribution >= 4 is 17.5 Å². The number of aromatic nitrogens is 2. The Morgan fingerprint density at radius 2 is 2.05 bits per heavy atom. The van der Waals surface area contributed by atoms with Gasteiger partial charge < -0.3 is 9.47 Å². The van der Waals surface area contributed by atoms with Crippen LogP contribution in [0.4, 0.5) is 0 Å². The number of rotatable bonds is 4. The van der Waals surface area contributed by atoms with E-state index in [9.17, 15) is 4.79 Å². The van der Waals surface area contributed by atoms with Crippen LogP contribution >= 0.6 is 11.6 Å². The summed E-state index contributed by atoms with van der Waals surface area (Å²) >= 11 is 5.84. The normalized spacial score (nSPS) is 15.0. The number of carbonyl (C=O) groups excluding carboxylic acids is 1. The fraction of sp³-hybridized carbons (Fsp3) is 0.375. The number of halogens is 1. The van der Waals surface area contributed by atoms with E-state index >= 15 is 0 Å². The molecule has 1 saturated heterocycles. The van der Waals surface area contributed by atoms with Gasteiger partial charge in [-0.05, 0) is 24.3 Å². The van der Waals surface area contributed by atoms with E-state index in [1.54, 1.807) is 24.3 Å². The van der Waals surface area contributed by atoms with Crippen LogP contribution in [0.25, 0.3) is 0 Å². The summed E-state index contributed by atoms with van der Waals surface area (Å²) in [6.45, 7) is 4.66. The number of benzene rings is 1. The van der Waals surface area contributed by atoms with E-state index in [0.29, 0.717) is 16.5 Å². The summed E-state index contributed by atoms with van der Waals surface area (Å²) in [7, 11) is 0. The second-order valence-corrected chi connectivity index (χ2v) is 5.87. The zero-order chi connectivity index (χ0) is 14.8. The maximum Gasteiger partial charge on any atom is 0.253 e. The van der Waals surface area contributed by atoms with E-state index in [4.69, 9.17) is 11.6 Å². The molecule has 0 bridgehead atoms. The van der Waals surface area contributed by atoms with E-state index in [2.05, 4.69) is 16.5 Å². The van der Waals surface area contributed by atoms with Crippen molar-refractivity contribution in [1.29, 1.82) is 0 Å². The van der Waals surface area contributed by atoms with Gasteiger partial charge in [-0.3, -0.25) is 4.79 Å². The molecule has 1 amide bonds. The van der Waals surface area contributed by atoms with Crippen LogP contribution in [0.15, 0.2) is 36.7 Å². The van der Waals surface area contributed by atoms with Crippen molar-refractivity contribution in [3.05, 3.63) is 53.1 Å². The first kappa shape index (κ1) is 14.1. The van der Waals surface area contributed by atoms with Gasteiger partial charge in [0.1, 0.15) is 5.82 Å². The number of aryl methyl sites for hydroxylation is 1. The molecule has 0 aliphatic carbocycles. The van der Waals surface area contributed by atoms with Gasteiger partial charge in [0.05, 0.1) is 0 Å². The van der Waals surface area contributed by atoms with Gasteiger partial charge in [0.25, 0.3) is 5.91 Å². The minimum atomic E-state index is 0.0873. The second-order valence-electron chi connectivity index (χ2n) is 5.43.